The maximum absolute atomic E-state index is 12.6. The van der Waals surface area contributed by atoms with Crippen molar-refractivity contribution in [2.24, 2.45) is 0 Å². The van der Waals surface area contributed by atoms with Crippen LogP contribution in [-0.4, -0.2) is 60.9 Å². The summed E-state index contributed by atoms with van der Waals surface area (Å²) in [6, 6.07) is 14.8. The van der Waals surface area contributed by atoms with Crippen LogP contribution in [0.4, 0.5) is 0 Å². The summed E-state index contributed by atoms with van der Waals surface area (Å²) >= 11 is 6.78. The van der Waals surface area contributed by atoms with Gasteiger partial charge in [-0.15, -0.1) is 0 Å². The summed E-state index contributed by atoms with van der Waals surface area (Å²) < 4.78 is 1.80. The Hall–Kier alpha value is -1.70. The van der Waals surface area contributed by atoms with Crippen LogP contribution < -0.4 is 5.32 Å². The summed E-state index contributed by atoms with van der Waals surface area (Å²) in [5, 5.41) is 2.95. The standard InChI is InChI=1S/C20H21Br2N3O2/c21-17-5-1-3-15(13-17)19(26)23-7-8-24-9-11-25(12-10-24)20(27)16-4-2-6-18(22)14-16/h1-6,13-14H,7-12H2,(H,23,26). The molecule has 1 saturated heterocycles. The van der Waals surface area contributed by atoms with E-state index in [0.29, 0.717) is 30.8 Å². The second-order valence-corrected chi connectivity index (χ2v) is 8.24. The van der Waals surface area contributed by atoms with E-state index in [1.807, 2.05) is 47.4 Å². The van der Waals surface area contributed by atoms with Crippen LogP contribution in [0.15, 0.2) is 57.5 Å². The number of nitrogens with zero attached hydrogens (tertiary/aromatic N) is 2. The molecule has 7 heteroatoms. The Morgan fingerprint density at radius 3 is 2.11 bits per heavy atom. The van der Waals surface area contributed by atoms with Gasteiger partial charge in [0.2, 0.25) is 0 Å². The first-order valence-electron chi connectivity index (χ1n) is 8.84. The van der Waals surface area contributed by atoms with Crippen molar-refractivity contribution >= 4 is 43.7 Å². The highest BCUT2D eigenvalue weighted by Gasteiger charge is 2.22. The van der Waals surface area contributed by atoms with Crippen LogP contribution in [0, 0.1) is 0 Å². The molecule has 0 spiro atoms. The molecule has 0 aliphatic carbocycles. The van der Waals surface area contributed by atoms with Crippen molar-refractivity contribution in [3.63, 3.8) is 0 Å². The summed E-state index contributed by atoms with van der Waals surface area (Å²) in [5.41, 5.74) is 1.35. The van der Waals surface area contributed by atoms with Crippen molar-refractivity contribution in [2.45, 2.75) is 0 Å². The minimum Gasteiger partial charge on any atom is -0.351 e. The largest absolute Gasteiger partial charge is 0.351 e. The van der Waals surface area contributed by atoms with E-state index in [1.54, 1.807) is 6.07 Å². The number of benzene rings is 2. The zero-order chi connectivity index (χ0) is 19.2. The molecule has 0 bridgehead atoms. The van der Waals surface area contributed by atoms with Gasteiger partial charge in [-0.2, -0.15) is 0 Å². The summed E-state index contributed by atoms with van der Waals surface area (Å²) in [5.74, 6) is -0.00123. The third kappa shape index (κ3) is 5.64. The fourth-order valence-corrected chi connectivity index (χ4v) is 3.84. The molecule has 1 heterocycles. The number of amides is 2. The second kappa shape index (κ2) is 9.48. The van der Waals surface area contributed by atoms with E-state index < -0.39 is 0 Å². The number of hydrogen-bond donors (Lipinski definition) is 1. The van der Waals surface area contributed by atoms with Gasteiger partial charge in [-0.1, -0.05) is 44.0 Å². The number of carbonyl (C=O) groups excluding carboxylic acids is 2. The predicted molar refractivity (Wildman–Crippen MR) is 113 cm³/mol. The predicted octanol–water partition coefficient (Wildman–Crippen LogP) is 3.40. The molecular weight excluding hydrogens is 474 g/mol. The molecule has 1 N–H and O–H groups in total. The van der Waals surface area contributed by atoms with Crippen LogP contribution in [0.1, 0.15) is 20.7 Å². The number of rotatable bonds is 5. The molecule has 3 rings (SSSR count). The number of halogens is 2. The van der Waals surface area contributed by atoms with E-state index in [-0.39, 0.29) is 11.8 Å². The van der Waals surface area contributed by atoms with E-state index in [1.165, 1.54) is 0 Å². The van der Waals surface area contributed by atoms with Crippen LogP contribution in [-0.2, 0) is 0 Å². The molecule has 0 radical (unpaired) electrons. The van der Waals surface area contributed by atoms with E-state index >= 15 is 0 Å². The van der Waals surface area contributed by atoms with Gasteiger partial charge in [0.1, 0.15) is 0 Å². The van der Waals surface area contributed by atoms with Gasteiger partial charge in [0.15, 0.2) is 0 Å². The molecule has 1 fully saturated rings. The molecule has 0 aromatic heterocycles. The third-order valence-corrected chi connectivity index (χ3v) is 5.52. The Morgan fingerprint density at radius 1 is 0.889 bits per heavy atom. The average Bonchev–Trinajstić information content (AvgIpc) is 2.68. The van der Waals surface area contributed by atoms with E-state index in [2.05, 4.69) is 42.1 Å². The van der Waals surface area contributed by atoms with Crippen molar-refractivity contribution in [2.75, 3.05) is 39.3 Å². The lowest BCUT2D eigenvalue weighted by molar-refractivity contribution is 0.0638. The second-order valence-electron chi connectivity index (χ2n) is 6.41. The van der Waals surface area contributed by atoms with Crippen molar-refractivity contribution < 1.29 is 9.59 Å². The minimum atomic E-state index is -0.0697. The fourth-order valence-electron chi connectivity index (χ4n) is 3.04. The van der Waals surface area contributed by atoms with Crippen LogP contribution >= 0.6 is 31.9 Å². The van der Waals surface area contributed by atoms with Gasteiger partial charge in [0.05, 0.1) is 0 Å². The van der Waals surface area contributed by atoms with E-state index in [9.17, 15) is 9.59 Å². The summed E-state index contributed by atoms with van der Waals surface area (Å²) in [6.07, 6.45) is 0. The molecule has 27 heavy (non-hydrogen) atoms. The molecule has 0 atom stereocenters. The lowest BCUT2D eigenvalue weighted by atomic mass is 10.2. The monoisotopic (exact) mass is 493 g/mol. The summed E-state index contributed by atoms with van der Waals surface area (Å²) in [7, 11) is 0. The maximum Gasteiger partial charge on any atom is 0.253 e. The quantitative estimate of drug-likeness (QED) is 0.693. The Bertz CT molecular complexity index is 818. The van der Waals surface area contributed by atoms with Gasteiger partial charge < -0.3 is 10.2 Å². The Morgan fingerprint density at radius 2 is 1.48 bits per heavy atom. The van der Waals surface area contributed by atoms with E-state index in [4.69, 9.17) is 0 Å². The van der Waals surface area contributed by atoms with Crippen molar-refractivity contribution in [3.8, 4) is 0 Å². The summed E-state index contributed by atoms with van der Waals surface area (Å²) in [4.78, 5) is 28.9. The maximum atomic E-state index is 12.6. The normalized spacial score (nSPS) is 14.8. The first kappa shape index (κ1) is 20.0. The first-order valence-corrected chi connectivity index (χ1v) is 10.4. The SMILES string of the molecule is O=C(NCCN1CCN(C(=O)c2cccc(Br)c2)CC1)c1cccc(Br)c1. The molecule has 2 amide bonds. The highest BCUT2D eigenvalue weighted by Crippen LogP contribution is 2.15. The topological polar surface area (TPSA) is 52.7 Å². The number of nitrogens with one attached hydrogen (secondary N) is 1. The molecule has 1 aliphatic heterocycles. The van der Waals surface area contributed by atoms with Crippen molar-refractivity contribution in [1.82, 2.24) is 15.1 Å². The average molecular weight is 495 g/mol. The Labute approximate surface area is 176 Å². The van der Waals surface area contributed by atoms with Gasteiger partial charge in [0.25, 0.3) is 11.8 Å². The molecule has 2 aromatic carbocycles. The summed E-state index contributed by atoms with van der Waals surface area (Å²) in [6.45, 7) is 4.39. The van der Waals surface area contributed by atoms with Crippen LogP contribution in [0.2, 0.25) is 0 Å². The van der Waals surface area contributed by atoms with Crippen LogP contribution in [0.5, 0.6) is 0 Å². The minimum absolute atomic E-state index is 0.0684. The number of hydrogen-bond acceptors (Lipinski definition) is 3. The number of piperazine rings is 1. The molecule has 142 valence electrons. The smallest absolute Gasteiger partial charge is 0.253 e. The molecule has 2 aromatic rings. The molecule has 1 aliphatic rings. The highest BCUT2D eigenvalue weighted by atomic mass is 79.9. The Balaban J connectivity index is 1.42. The molecule has 0 saturated carbocycles. The lowest BCUT2D eigenvalue weighted by Gasteiger charge is -2.34. The van der Waals surface area contributed by atoms with E-state index in [0.717, 1.165) is 28.6 Å². The van der Waals surface area contributed by atoms with Gasteiger partial charge in [0, 0.05) is 59.3 Å². The third-order valence-electron chi connectivity index (χ3n) is 4.53. The van der Waals surface area contributed by atoms with Crippen molar-refractivity contribution in [3.05, 3.63) is 68.6 Å². The molecular formula is C20H21Br2N3O2. The fraction of sp³-hybridized carbons (Fsp3) is 0.300. The lowest BCUT2D eigenvalue weighted by Crippen LogP contribution is -2.50. The van der Waals surface area contributed by atoms with Crippen molar-refractivity contribution in [1.29, 1.82) is 0 Å². The molecule has 0 unspecified atom stereocenters. The van der Waals surface area contributed by atoms with Crippen LogP contribution in [0.25, 0.3) is 0 Å². The van der Waals surface area contributed by atoms with Gasteiger partial charge >= 0.3 is 0 Å². The zero-order valence-electron chi connectivity index (χ0n) is 14.8. The van der Waals surface area contributed by atoms with Gasteiger partial charge in [-0.25, -0.2) is 0 Å². The van der Waals surface area contributed by atoms with Gasteiger partial charge in [-0.05, 0) is 36.4 Å². The number of carbonyl (C=O) groups is 2. The first-order chi connectivity index (χ1) is 13.0. The Kier molecular flexibility index (Phi) is 7.04. The zero-order valence-corrected chi connectivity index (χ0v) is 18.0. The molecule has 5 nitrogen and oxygen atoms in total. The van der Waals surface area contributed by atoms with Gasteiger partial charge in [-0.3, -0.25) is 14.5 Å². The van der Waals surface area contributed by atoms with Crippen LogP contribution in [0.3, 0.4) is 0 Å². The highest BCUT2D eigenvalue weighted by molar-refractivity contribution is 9.10.